The molecule has 0 aromatic heterocycles. The van der Waals surface area contributed by atoms with Gasteiger partial charge in [0.25, 0.3) is 0 Å². The number of alkyl halides is 3. The van der Waals surface area contributed by atoms with Gasteiger partial charge in [-0.15, -0.1) is 0 Å². The summed E-state index contributed by atoms with van der Waals surface area (Å²) in [6.45, 7) is 3.62. The van der Waals surface area contributed by atoms with E-state index in [4.69, 9.17) is 0 Å². The Labute approximate surface area is 115 Å². The molecule has 2 atom stereocenters. The third-order valence-corrected chi connectivity index (χ3v) is 3.78. The lowest BCUT2D eigenvalue weighted by molar-refractivity contribution is -0.137. The first-order chi connectivity index (χ1) is 9.45. The summed E-state index contributed by atoms with van der Waals surface area (Å²) in [7, 11) is 0. The molecule has 1 fully saturated rings. The highest BCUT2D eigenvalue weighted by Crippen LogP contribution is 2.33. The summed E-state index contributed by atoms with van der Waals surface area (Å²) in [5.41, 5.74) is 0.320. The second-order valence-electron chi connectivity index (χ2n) is 5.33. The van der Waals surface area contributed by atoms with Gasteiger partial charge in [0.2, 0.25) is 0 Å². The fourth-order valence-corrected chi connectivity index (χ4v) is 2.83. The molecule has 3 rings (SSSR count). The van der Waals surface area contributed by atoms with E-state index >= 15 is 0 Å². The monoisotopic (exact) mass is 283 g/mol. The molecule has 1 N–H and O–H groups in total. The molecule has 2 aliphatic heterocycles. The van der Waals surface area contributed by atoms with Crippen LogP contribution in [0.15, 0.2) is 29.3 Å². The largest absolute Gasteiger partial charge is 0.416 e. The smallest absolute Gasteiger partial charge is 0.352 e. The molecule has 0 radical (unpaired) electrons. The van der Waals surface area contributed by atoms with Crippen LogP contribution in [0, 0.1) is 0 Å². The van der Waals surface area contributed by atoms with E-state index in [1.54, 1.807) is 12.1 Å². The number of hydrogen-bond donors (Lipinski definition) is 1. The first-order valence-corrected chi connectivity index (χ1v) is 6.70. The zero-order valence-corrected chi connectivity index (χ0v) is 11.1. The Hall–Kier alpha value is -1.72. The third kappa shape index (κ3) is 2.34. The molecule has 3 nitrogen and oxygen atoms in total. The molecular formula is C14H16F3N3. The van der Waals surface area contributed by atoms with E-state index in [9.17, 15) is 13.2 Å². The first kappa shape index (κ1) is 13.3. The van der Waals surface area contributed by atoms with Crippen molar-refractivity contribution in [3.05, 3.63) is 35.4 Å². The van der Waals surface area contributed by atoms with Gasteiger partial charge < -0.3 is 10.2 Å². The minimum atomic E-state index is -4.28. The number of rotatable bonds is 1. The van der Waals surface area contributed by atoms with Gasteiger partial charge in [-0.3, -0.25) is 4.99 Å². The minimum Gasteiger partial charge on any atom is -0.352 e. The molecule has 0 amide bonds. The van der Waals surface area contributed by atoms with Crippen molar-refractivity contribution in [2.45, 2.75) is 31.6 Å². The molecule has 2 heterocycles. The van der Waals surface area contributed by atoms with Crippen LogP contribution in [-0.4, -0.2) is 30.0 Å². The maximum Gasteiger partial charge on any atom is 0.416 e. The molecular weight excluding hydrogens is 267 g/mol. The zero-order valence-electron chi connectivity index (χ0n) is 11.1. The normalized spacial score (nSPS) is 26.0. The molecule has 1 aromatic carbocycles. The topological polar surface area (TPSA) is 27.6 Å². The van der Waals surface area contributed by atoms with Gasteiger partial charge in [-0.2, -0.15) is 13.2 Å². The molecule has 0 bridgehead atoms. The van der Waals surface area contributed by atoms with Crippen molar-refractivity contribution in [3.63, 3.8) is 0 Å². The van der Waals surface area contributed by atoms with Gasteiger partial charge in [-0.05, 0) is 31.0 Å². The Kier molecular flexibility index (Phi) is 3.11. The number of fused-ring (bicyclic) bond motifs is 1. The van der Waals surface area contributed by atoms with E-state index in [2.05, 4.69) is 22.1 Å². The van der Waals surface area contributed by atoms with Gasteiger partial charge in [-0.25, -0.2) is 0 Å². The summed E-state index contributed by atoms with van der Waals surface area (Å²) >= 11 is 0. The number of hydrogen-bond acceptors (Lipinski definition) is 3. The fraction of sp³-hybridized carbons (Fsp3) is 0.500. The SMILES string of the molecule is CC1CN2C(=NCCC2c2ccc(C(F)(F)F)cc2)N1. The Morgan fingerprint density at radius 2 is 1.95 bits per heavy atom. The summed E-state index contributed by atoms with van der Waals surface area (Å²) in [5, 5.41) is 3.29. The van der Waals surface area contributed by atoms with Gasteiger partial charge >= 0.3 is 6.18 Å². The van der Waals surface area contributed by atoms with Crippen molar-refractivity contribution in [1.82, 2.24) is 10.2 Å². The van der Waals surface area contributed by atoms with E-state index in [1.165, 1.54) is 0 Å². The van der Waals surface area contributed by atoms with E-state index in [-0.39, 0.29) is 6.04 Å². The number of nitrogens with zero attached hydrogens (tertiary/aromatic N) is 2. The van der Waals surface area contributed by atoms with Crippen LogP contribution < -0.4 is 5.32 Å². The molecule has 1 aromatic rings. The highest BCUT2D eigenvalue weighted by Gasteiger charge is 2.34. The Balaban J connectivity index is 1.84. The molecule has 1 saturated heterocycles. The highest BCUT2D eigenvalue weighted by molar-refractivity contribution is 5.83. The highest BCUT2D eigenvalue weighted by atomic mass is 19.4. The molecule has 0 saturated carbocycles. The molecule has 2 unspecified atom stereocenters. The van der Waals surface area contributed by atoms with Crippen LogP contribution in [0.4, 0.5) is 13.2 Å². The van der Waals surface area contributed by atoms with E-state index in [1.807, 2.05) is 0 Å². The summed E-state index contributed by atoms with van der Waals surface area (Å²) in [4.78, 5) is 6.58. The van der Waals surface area contributed by atoms with E-state index in [0.717, 1.165) is 36.6 Å². The van der Waals surface area contributed by atoms with Gasteiger partial charge in [0.15, 0.2) is 5.96 Å². The van der Waals surface area contributed by atoms with Crippen molar-refractivity contribution in [1.29, 1.82) is 0 Å². The number of nitrogens with one attached hydrogen (secondary N) is 1. The lowest BCUT2D eigenvalue weighted by Crippen LogP contribution is -2.37. The lowest BCUT2D eigenvalue weighted by atomic mass is 9.99. The van der Waals surface area contributed by atoms with Crippen LogP contribution in [0.1, 0.15) is 30.5 Å². The summed E-state index contributed by atoms with van der Waals surface area (Å²) < 4.78 is 37.8. The number of halogens is 3. The molecule has 20 heavy (non-hydrogen) atoms. The van der Waals surface area contributed by atoms with Crippen LogP contribution in [-0.2, 0) is 6.18 Å². The predicted octanol–water partition coefficient (Wildman–Crippen LogP) is 2.80. The van der Waals surface area contributed by atoms with Gasteiger partial charge in [0.1, 0.15) is 0 Å². The van der Waals surface area contributed by atoms with Crippen molar-refractivity contribution in [2.24, 2.45) is 4.99 Å². The number of aliphatic imine (C=N–C) groups is 1. The summed E-state index contributed by atoms with van der Waals surface area (Å²) in [5.74, 6) is 0.869. The number of benzene rings is 1. The summed E-state index contributed by atoms with van der Waals surface area (Å²) in [6.07, 6.45) is -3.44. The fourth-order valence-electron chi connectivity index (χ4n) is 2.83. The Bertz CT molecular complexity index is 521. The minimum absolute atomic E-state index is 0.113. The molecule has 0 aliphatic carbocycles. The van der Waals surface area contributed by atoms with Crippen LogP contribution in [0.2, 0.25) is 0 Å². The Morgan fingerprint density at radius 3 is 2.60 bits per heavy atom. The van der Waals surface area contributed by atoms with Crippen LogP contribution in [0.25, 0.3) is 0 Å². The second kappa shape index (κ2) is 4.68. The van der Waals surface area contributed by atoms with Crippen LogP contribution in [0.5, 0.6) is 0 Å². The van der Waals surface area contributed by atoms with Crippen molar-refractivity contribution < 1.29 is 13.2 Å². The van der Waals surface area contributed by atoms with E-state index < -0.39 is 11.7 Å². The molecule has 108 valence electrons. The average Bonchev–Trinajstić information content (AvgIpc) is 2.78. The first-order valence-electron chi connectivity index (χ1n) is 6.70. The lowest BCUT2D eigenvalue weighted by Gasteiger charge is -2.32. The maximum absolute atomic E-state index is 12.6. The number of guanidine groups is 1. The molecule has 2 aliphatic rings. The van der Waals surface area contributed by atoms with Crippen molar-refractivity contribution >= 4 is 5.96 Å². The molecule has 6 heteroatoms. The van der Waals surface area contributed by atoms with E-state index in [0.29, 0.717) is 12.6 Å². The second-order valence-corrected chi connectivity index (χ2v) is 5.33. The summed E-state index contributed by atoms with van der Waals surface area (Å²) in [6, 6.07) is 5.92. The Morgan fingerprint density at radius 1 is 1.25 bits per heavy atom. The predicted molar refractivity (Wildman–Crippen MR) is 70.4 cm³/mol. The van der Waals surface area contributed by atoms with Gasteiger partial charge in [0.05, 0.1) is 11.6 Å². The van der Waals surface area contributed by atoms with Crippen LogP contribution in [0.3, 0.4) is 0 Å². The maximum atomic E-state index is 12.6. The standard InChI is InChI=1S/C14H16F3N3/c1-9-8-20-12(6-7-18-13(20)19-9)10-2-4-11(5-3-10)14(15,16)17/h2-5,9,12H,6-8H2,1H3,(H,18,19). The van der Waals surface area contributed by atoms with Crippen molar-refractivity contribution in [2.75, 3.05) is 13.1 Å². The molecule has 0 spiro atoms. The zero-order chi connectivity index (χ0) is 14.3. The quantitative estimate of drug-likeness (QED) is 0.858. The van der Waals surface area contributed by atoms with Crippen molar-refractivity contribution in [3.8, 4) is 0 Å². The third-order valence-electron chi connectivity index (χ3n) is 3.78. The van der Waals surface area contributed by atoms with Crippen LogP contribution >= 0.6 is 0 Å². The van der Waals surface area contributed by atoms with Gasteiger partial charge in [0, 0.05) is 19.1 Å². The average molecular weight is 283 g/mol. The van der Waals surface area contributed by atoms with Gasteiger partial charge in [-0.1, -0.05) is 12.1 Å².